The van der Waals surface area contributed by atoms with Crippen LogP contribution in [-0.2, 0) is 4.79 Å². The van der Waals surface area contributed by atoms with Crippen LogP contribution in [0.1, 0.15) is 56.1 Å². The molecule has 0 aliphatic rings. The van der Waals surface area contributed by atoms with E-state index in [1.165, 1.54) is 0 Å². The Kier molecular flexibility index (Phi) is 10.5. The van der Waals surface area contributed by atoms with Gasteiger partial charge in [0.1, 0.15) is 5.75 Å². The number of aryl methyl sites for hydroxylation is 1. The number of hydrogen-bond donors (Lipinski definition) is 0. The van der Waals surface area contributed by atoms with Crippen LogP contribution in [0.4, 0.5) is 0 Å². The lowest BCUT2D eigenvalue weighted by atomic mass is 10.0. The fourth-order valence-electron chi connectivity index (χ4n) is 1.74. The zero-order chi connectivity index (χ0) is 19.4. The maximum atomic E-state index is 12.3. The van der Waals surface area contributed by atoms with Gasteiger partial charge in [0.05, 0.1) is 0 Å². The van der Waals surface area contributed by atoms with Gasteiger partial charge in [-0.05, 0) is 38.1 Å². The fourth-order valence-corrected chi connectivity index (χ4v) is 1.74. The zero-order valence-corrected chi connectivity index (χ0v) is 16.1. The highest BCUT2D eigenvalue weighted by atomic mass is 16.5. The van der Waals surface area contributed by atoms with Gasteiger partial charge in [0.25, 0.3) is 0 Å². The normalized spacial score (nSPS) is 8.88. The first-order valence-corrected chi connectivity index (χ1v) is 8.56. The lowest BCUT2D eigenvalue weighted by molar-refractivity contribution is -0.130. The molecule has 3 heteroatoms. The van der Waals surface area contributed by atoms with E-state index >= 15 is 0 Å². The molecule has 0 aliphatic heterocycles. The molecule has 0 bridgehead atoms. The molecule has 0 N–H and O–H groups in total. The molecular weight excluding hydrogens is 312 g/mol. The van der Waals surface area contributed by atoms with Crippen LogP contribution in [0.5, 0.6) is 5.75 Å². The zero-order valence-electron chi connectivity index (χ0n) is 16.1. The topological polar surface area (TPSA) is 43.4 Å². The summed E-state index contributed by atoms with van der Waals surface area (Å²) in [5.74, 6) is -0.149. The van der Waals surface area contributed by atoms with E-state index in [1.807, 2.05) is 46.8 Å². The molecule has 0 radical (unpaired) electrons. The second-order valence-electron chi connectivity index (χ2n) is 4.89. The Bertz CT molecular complexity index is 680. The van der Waals surface area contributed by atoms with Gasteiger partial charge in [-0.15, -0.1) is 0 Å². The monoisotopic (exact) mass is 340 g/mol. The van der Waals surface area contributed by atoms with Crippen molar-refractivity contribution in [1.82, 2.24) is 0 Å². The van der Waals surface area contributed by atoms with E-state index in [0.29, 0.717) is 22.4 Å². The molecular formula is C22H28O3. The average Bonchev–Trinajstić information content (AvgIpc) is 2.65. The minimum atomic E-state index is -0.479. The number of ether oxygens (including phenoxy) is 1. The smallest absolute Gasteiger partial charge is 0.338 e. The molecule has 0 heterocycles. The second kappa shape index (κ2) is 11.8. The van der Waals surface area contributed by atoms with Gasteiger partial charge in [0.15, 0.2) is 5.78 Å². The maximum Gasteiger partial charge on any atom is 0.338 e. The summed E-state index contributed by atoms with van der Waals surface area (Å²) >= 11 is 0. The largest absolute Gasteiger partial charge is 0.423 e. The van der Waals surface area contributed by atoms with Gasteiger partial charge in [0, 0.05) is 16.7 Å². The highest BCUT2D eigenvalue weighted by Gasteiger charge is 2.10. The van der Waals surface area contributed by atoms with Crippen molar-refractivity contribution in [3.05, 3.63) is 77.4 Å². The van der Waals surface area contributed by atoms with Crippen molar-refractivity contribution in [3.63, 3.8) is 0 Å². The molecule has 25 heavy (non-hydrogen) atoms. The SMILES string of the molecule is C=C(C)C(=O)Oc1ccc(C(=O)c2ccc(C)cc2)cc1.CC.CC. The van der Waals surface area contributed by atoms with Crippen LogP contribution >= 0.6 is 0 Å². The predicted molar refractivity (Wildman–Crippen MR) is 104 cm³/mol. The Balaban J connectivity index is 0.00000134. The first-order chi connectivity index (χ1) is 12.0. The van der Waals surface area contributed by atoms with Crippen LogP contribution in [0.15, 0.2) is 60.7 Å². The van der Waals surface area contributed by atoms with Gasteiger partial charge >= 0.3 is 5.97 Å². The van der Waals surface area contributed by atoms with E-state index in [9.17, 15) is 9.59 Å². The summed E-state index contributed by atoms with van der Waals surface area (Å²) in [5.41, 5.74) is 2.62. The molecule has 0 saturated heterocycles. The van der Waals surface area contributed by atoms with Crippen LogP contribution < -0.4 is 4.74 Å². The van der Waals surface area contributed by atoms with Gasteiger partial charge in [-0.2, -0.15) is 0 Å². The standard InChI is InChI=1S/C18H16O3.2C2H6/c1-12(2)18(20)21-16-10-8-15(9-11-16)17(19)14-6-4-13(3)5-7-14;2*1-2/h4-11H,1H2,2-3H3;2*1-2H3. The van der Waals surface area contributed by atoms with Crippen LogP contribution in [0, 0.1) is 6.92 Å². The summed E-state index contributed by atoms with van der Waals surface area (Å²) in [5, 5.41) is 0. The third-order valence-electron chi connectivity index (χ3n) is 2.99. The van der Waals surface area contributed by atoms with Crippen molar-refractivity contribution < 1.29 is 14.3 Å². The van der Waals surface area contributed by atoms with Crippen molar-refractivity contribution in [3.8, 4) is 5.75 Å². The fraction of sp³-hybridized carbons (Fsp3) is 0.273. The molecule has 0 unspecified atom stereocenters. The Labute approximate surface area is 151 Å². The Hall–Kier alpha value is -2.68. The summed E-state index contributed by atoms with van der Waals surface area (Å²) in [6, 6.07) is 13.9. The van der Waals surface area contributed by atoms with E-state index < -0.39 is 5.97 Å². The third-order valence-corrected chi connectivity index (χ3v) is 2.99. The molecule has 0 atom stereocenters. The van der Waals surface area contributed by atoms with E-state index in [-0.39, 0.29) is 5.78 Å². The van der Waals surface area contributed by atoms with Gasteiger partial charge < -0.3 is 4.74 Å². The van der Waals surface area contributed by atoms with Crippen molar-refractivity contribution in [2.24, 2.45) is 0 Å². The molecule has 2 aromatic rings. The van der Waals surface area contributed by atoms with Crippen molar-refractivity contribution >= 4 is 11.8 Å². The maximum absolute atomic E-state index is 12.3. The summed E-state index contributed by atoms with van der Waals surface area (Å²) in [4.78, 5) is 23.7. The number of esters is 1. The lowest BCUT2D eigenvalue weighted by Crippen LogP contribution is -2.08. The van der Waals surface area contributed by atoms with E-state index in [2.05, 4.69) is 6.58 Å². The van der Waals surface area contributed by atoms with Crippen LogP contribution in [0.25, 0.3) is 0 Å². The van der Waals surface area contributed by atoms with Crippen LogP contribution in [0.2, 0.25) is 0 Å². The number of carbonyl (C=O) groups is 2. The summed E-state index contributed by atoms with van der Waals surface area (Å²) < 4.78 is 5.08. The minimum Gasteiger partial charge on any atom is -0.423 e. The van der Waals surface area contributed by atoms with Gasteiger partial charge in [0.2, 0.25) is 0 Å². The summed E-state index contributed by atoms with van der Waals surface area (Å²) in [7, 11) is 0. The Morgan fingerprint density at radius 2 is 1.20 bits per heavy atom. The molecule has 0 aromatic heterocycles. The third kappa shape index (κ3) is 7.17. The highest BCUT2D eigenvalue weighted by Crippen LogP contribution is 2.16. The summed E-state index contributed by atoms with van der Waals surface area (Å²) in [6.45, 7) is 15.1. The first-order valence-electron chi connectivity index (χ1n) is 8.56. The number of carbonyl (C=O) groups excluding carboxylic acids is 2. The number of rotatable bonds is 4. The van der Waals surface area contributed by atoms with Crippen molar-refractivity contribution in [1.29, 1.82) is 0 Å². The molecule has 3 nitrogen and oxygen atoms in total. The van der Waals surface area contributed by atoms with Crippen LogP contribution in [-0.4, -0.2) is 11.8 Å². The minimum absolute atomic E-state index is 0.0622. The van der Waals surface area contributed by atoms with Gasteiger partial charge in [-0.1, -0.05) is 64.1 Å². The van der Waals surface area contributed by atoms with Crippen molar-refractivity contribution in [2.75, 3.05) is 0 Å². The van der Waals surface area contributed by atoms with E-state index in [0.717, 1.165) is 5.56 Å². The number of ketones is 1. The predicted octanol–water partition coefficient (Wildman–Crippen LogP) is 5.76. The van der Waals surface area contributed by atoms with Crippen molar-refractivity contribution in [2.45, 2.75) is 41.5 Å². The number of hydrogen-bond acceptors (Lipinski definition) is 3. The van der Waals surface area contributed by atoms with E-state index in [1.54, 1.807) is 43.3 Å². The molecule has 2 rings (SSSR count). The van der Waals surface area contributed by atoms with Gasteiger partial charge in [-0.25, -0.2) is 4.79 Å². The van der Waals surface area contributed by atoms with Gasteiger partial charge in [-0.3, -0.25) is 4.79 Å². The Morgan fingerprint density at radius 1 is 0.800 bits per heavy atom. The Morgan fingerprint density at radius 3 is 1.60 bits per heavy atom. The highest BCUT2D eigenvalue weighted by molar-refractivity contribution is 6.09. The average molecular weight is 340 g/mol. The molecule has 134 valence electrons. The molecule has 0 saturated carbocycles. The quantitative estimate of drug-likeness (QED) is 0.307. The molecule has 0 amide bonds. The second-order valence-corrected chi connectivity index (χ2v) is 4.89. The first kappa shape index (κ1) is 22.3. The number of benzene rings is 2. The molecule has 0 spiro atoms. The summed E-state index contributed by atoms with van der Waals surface area (Å²) in [6.07, 6.45) is 0. The van der Waals surface area contributed by atoms with E-state index in [4.69, 9.17) is 4.74 Å². The molecule has 2 aromatic carbocycles. The molecule has 0 fully saturated rings. The van der Waals surface area contributed by atoms with Crippen LogP contribution in [0.3, 0.4) is 0 Å². The lowest BCUT2D eigenvalue weighted by Gasteiger charge is -2.05. The molecule has 0 aliphatic carbocycles.